The lowest BCUT2D eigenvalue weighted by Gasteiger charge is -2.27. The van der Waals surface area contributed by atoms with E-state index in [1.165, 1.54) is 0 Å². The minimum absolute atomic E-state index is 0.00890. The van der Waals surface area contributed by atoms with Crippen molar-refractivity contribution >= 4 is 40.4 Å². The second kappa shape index (κ2) is 8.55. The summed E-state index contributed by atoms with van der Waals surface area (Å²) in [5, 5.41) is 1.49. The molecular weight excluding hydrogens is 436 g/mol. The molecule has 0 saturated heterocycles. The van der Waals surface area contributed by atoms with E-state index in [4.69, 9.17) is 4.74 Å². The summed E-state index contributed by atoms with van der Waals surface area (Å²) >= 11 is 0. The monoisotopic (exact) mass is 456 g/mol. The maximum Gasteiger partial charge on any atom is 0.305 e. The van der Waals surface area contributed by atoms with Gasteiger partial charge in [0.2, 0.25) is 0 Å². The molecule has 8 nitrogen and oxygen atoms in total. The fourth-order valence-corrected chi connectivity index (χ4v) is 4.43. The van der Waals surface area contributed by atoms with Gasteiger partial charge in [0.25, 0.3) is 23.6 Å². The number of carbonyl (C=O) groups is 5. The van der Waals surface area contributed by atoms with Crippen molar-refractivity contribution in [3.8, 4) is 0 Å². The highest BCUT2D eigenvalue weighted by atomic mass is 16.5. The highest BCUT2D eigenvalue weighted by Crippen LogP contribution is 2.30. The number of fused-ring (bicyclic) bond motifs is 1. The number of nitrogens with zero attached hydrogens (tertiary/aromatic N) is 2. The Kier molecular flexibility index (Phi) is 5.41. The quantitative estimate of drug-likeness (QED) is 0.400. The van der Waals surface area contributed by atoms with Crippen LogP contribution in [0.5, 0.6) is 0 Å². The molecule has 0 saturated carbocycles. The van der Waals surface area contributed by atoms with Crippen LogP contribution in [0.4, 0.5) is 0 Å². The Labute approximate surface area is 194 Å². The van der Waals surface area contributed by atoms with Gasteiger partial charge >= 0.3 is 5.97 Å². The Hall–Kier alpha value is -4.33. The summed E-state index contributed by atoms with van der Waals surface area (Å²) in [6, 6.07) is 17.2. The summed E-state index contributed by atoms with van der Waals surface area (Å²) in [6.45, 7) is -0.0842. The van der Waals surface area contributed by atoms with E-state index >= 15 is 0 Å². The van der Waals surface area contributed by atoms with Crippen LogP contribution in [0.15, 0.2) is 60.7 Å². The third-order valence-corrected chi connectivity index (χ3v) is 6.07. The number of amides is 4. The van der Waals surface area contributed by atoms with E-state index in [0.29, 0.717) is 27.6 Å². The zero-order valence-electron chi connectivity index (χ0n) is 18.2. The summed E-state index contributed by atoms with van der Waals surface area (Å²) in [6.07, 6.45) is 0.229. The van der Waals surface area contributed by atoms with E-state index in [1.54, 1.807) is 48.5 Å². The van der Waals surface area contributed by atoms with Crippen molar-refractivity contribution in [1.82, 2.24) is 9.80 Å². The Morgan fingerprint density at radius 2 is 1.15 bits per heavy atom. The number of imide groups is 2. The second-order valence-corrected chi connectivity index (χ2v) is 8.10. The van der Waals surface area contributed by atoms with E-state index in [-0.39, 0.29) is 44.4 Å². The minimum Gasteiger partial charge on any atom is -0.464 e. The van der Waals surface area contributed by atoms with Crippen LogP contribution in [0, 0.1) is 0 Å². The van der Waals surface area contributed by atoms with Crippen LogP contribution in [0.1, 0.15) is 54.3 Å². The van der Waals surface area contributed by atoms with Gasteiger partial charge in [-0.05, 0) is 36.1 Å². The molecular formula is C26H20N2O6. The van der Waals surface area contributed by atoms with Crippen LogP contribution < -0.4 is 0 Å². The first kappa shape index (κ1) is 21.5. The van der Waals surface area contributed by atoms with E-state index in [0.717, 1.165) is 15.2 Å². The average molecular weight is 456 g/mol. The fraction of sp³-hybridized carbons (Fsp3) is 0.192. The Balaban J connectivity index is 1.13. The maximum absolute atomic E-state index is 12.9. The topological polar surface area (TPSA) is 101 Å². The van der Waals surface area contributed by atoms with Crippen molar-refractivity contribution < 1.29 is 28.7 Å². The SMILES string of the molecule is O=C(CCCN1C(=O)c2cccc3cccc(c23)C1=O)OCCN1C(=O)c2ccccc2C1=O. The first-order valence-electron chi connectivity index (χ1n) is 11.0. The lowest BCUT2D eigenvalue weighted by molar-refractivity contribution is -0.144. The van der Waals surface area contributed by atoms with E-state index in [2.05, 4.69) is 0 Å². The summed E-state index contributed by atoms with van der Waals surface area (Å²) in [7, 11) is 0. The van der Waals surface area contributed by atoms with Crippen LogP contribution >= 0.6 is 0 Å². The summed E-state index contributed by atoms with van der Waals surface area (Å²) in [5.74, 6) is -2.11. The molecule has 0 bridgehead atoms. The predicted molar refractivity (Wildman–Crippen MR) is 121 cm³/mol. The zero-order valence-corrected chi connectivity index (χ0v) is 18.2. The van der Waals surface area contributed by atoms with Gasteiger partial charge in [-0.3, -0.25) is 33.8 Å². The van der Waals surface area contributed by atoms with Crippen molar-refractivity contribution in [3.63, 3.8) is 0 Å². The molecule has 0 atom stereocenters. The van der Waals surface area contributed by atoms with E-state index in [9.17, 15) is 24.0 Å². The molecule has 0 aliphatic carbocycles. The van der Waals surface area contributed by atoms with Gasteiger partial charge in [-0.2, -0.15) is 0 Å². The summed E-state index contributed by atoms with van der Waals surface area (Å²) in [4.78, 5) is 64.8. The van der Waals surface area contributed by atoms with Crippen molar-refractivity contribution in [2.24, 2.45) is 0 Å². The Morgan fingerprint density at radius 1 is 0.647 bits per heavy atom. The van der Waals surface area contributed by atoms with Crippen LogP contribution in [0.3, 0.4) is 0 Å². The highest BCUT2D eigenvalue weighted by molar-refractivity contribution is 6.25. The number of ether oxygens (including phenoxy) is 1. The molecule has 0 N–H and O–H groups in total. The third-order valence-electron chi connectivity index (χ3n) is 6.07. The molecule has 0 unspecified atom stereocenters. The molecule has 34 heavy (non-hydrogen) atoms. The molecule has 170 valence electrons. The van der Waals surface area contributed by atoms with Crippen molar-refractivity contribution in [2.75, 3.05) is 19.7 Å². The molecule has 3 aromatic rings. The van der Waals surface area contributed by atoms with Crippen molar-refractivity contribution in [2.45, 2.75) is 12.8 Å². The maximum atomic E-state index is 12.9. The Morgan fingerprint density at radius 3 is 1.74 bits per heavy atom. The lowest BCUT2D eigenvalue weighted by atomic mass is 9.94. The summed E-state index contributed by atoms with van der Waals surface area (Å²) < 4.78 is 5.17. The van der Waals surface area contributed by atoms with Crippen molar-refractivity contribution in [3.05, 3.63) is 82.9 Å². The van der Waals surface area contributed by atoms with Crippen LogP contribution in [0.25, 0.3) is 10.8 Å². The molecule has 2 aliphatic rings. The second-order valence-electron chi connectivity index (χ2n) is 8.10. The first-order valence-corrected chi connectivity index (χ1v) is 11.0. The van der Waals surface area contributed by atoms with Gasteiger partial charge in [0, 0.05) is 29.5 Å². The number of esters is 1. The lowest BCUT2D eigenvalue weighted by Crippen LogP contribution is -2.41. The Bertz CT molecular complexity index is 1290. The smallest absolute Gasteiger partial charge is 0.305 e. The van der Waals surface area contributed by atoms with E-state index < -0.39 is 17.8 Å². The normalized spacial score (nSPS) is 14.7. The van der Waals surface area contributed by atoms with Crippen LogP contribution in [-0.4, -0.2) is 59.1 Å². The molecule has 0 fully saturated rings. The van der Waals surface area contributed by atoms with Gasteiger partial charge in [-0.25, -0.2) is 0 Å². The van der Waals surface area contributed by atoms with Gasteiger partial charge < -0.3 is 4.74 Å². The molecule has 2 heterocycles. The minimum atomic E-state index is -0.531. The van der Waals surface area contributed by atoms with Gasteiger partial charge in [0.1, 0.15) is 6.61 Å². The molecule has 2 aliphatic heterocycles. The highest BCUT2D eigenvalue weighted by Gasteiger charge is 2.35. The van der Waals surface area contributed by atoms with Crippen molar-refractivity contribution in [1.29, 1.82) is 0 Å². The van der Waals surface area contributed by atoms with Gasteiger partial charge in [0.15, 0.2) is 0 Å². The number of benzene rings is 3. The molecule has 0 radical (unpaired) electrons. The molecule has 3 aromatic carbocycles. The van der Waals surface area contributed by atoms with Crippen LogP contribution in [-0.2, 0) is 9.53 Å². The van der Waals surface area contributed by atoms with E-state index in [1.807, 2.05) is 12.1 Å². The predicted octanol–water partition coefficient (Wildman–Crippen LogP) is 3.06. The number of rotatable bonds is 7. The van der Waals surface area contributed by atoms with Gasteiger partial charge in [-0.1, -0.05) is 36.4 Å². The molecule has 5 rings (SSSR count). The fourth-order valence-electron chi connectivity index (χ4n) is 4.43. The van der Waals surface area contributed by atoms with Crippen LogP contribution in [0.2, 0.25) is 0 Å². The van der Waals surface area contributed by atoms with Gasteiger partial charge in [-0.15, -0.1) is 0 Å². The molecule has 0 spiro atoms. The standard InChI is InChI=1S/C26H20N2O6/c29-21(34-15-14-28-23(30)17-8-1-2-9-18(17)24(28)31)12-5-13-27-25(32)19-10-3-6-16-7-4-11-20(22(16)19)26(27)33/h1-4,6-11H,5,12-15H2. The number of hydrogen-bond acceptors (Lipinski definition) is 6. The molecule has 0 aromatic heterocycles. The third kappa shape index (κ3) is 3.53. The largest absolute Gasteiger partial charge is 0.464 e. The molecule has 4 amide bonds. The first-order chi connectivity index (χ1) is 16.5. The number of carbonyl (C=O) groups excluding carboxylic acids is 5. The zero-order chi connectivity index (χ0) is 23.8. The molecule has 8 heteroatoms. The summed E-state index contributed by atoms with van der Waals surface area (Å²) in [5.41, 5.74) is 1.62. The number of hydrogen-bond donors (Lipinski definition) is 0. The van der Waals surface area contributed by atoms with Gasteiger partial charge in [0.05, 0.1) is 17.7 Å². The average Bonchev–Trinajstić information content (AvgIpc) is 3.09.